The molecule has 122 valence electrons. The van der Waals surface area contributed by atoms with Gasteiger partial charge < -0.3 is 15.1 Å². The third-order valence-electron chi connectivity index (χ3n) is 4.24. The van der Waals surface area contributed by atoms with Gasteiger partial charge in [-0.3, -0.25) is 9.59 Å². The molecule has 0 aromatic heterocycles. The molecule has 1 amide bonds. The Balaban J connectivity index is 2.47. The first-order chi connectivity index (χ1) is 9.90. The van der Waals surface area contributed by atoms with Crippen LogP contribution >= 0.6 is 0 Å². The predicted octanol–water partition coefficient (Wildman–Crippen LogP) is 2.28. The minimum Gasteiger partial charge on any atom is -0.481 e. The van der Waals surface area contributed by atoms with Crippen LogP contribution in [0.4, 0.5) is 0 Å². The third-order valence-corrected chi connectivity index (χ3v) is 4.24. The van der Waals surface area contributed by atoms with E-state index >= 15 is 0 Å². The Morgan fingerprint density at radius 1 is 1.14 bits per heavy atom. The molecule has 2 atom stereocenters. The van der Waals surface area contributed by atoms with E-state index in [1.54, 1.807) is 13.8 Å². The fourth-order valence-corrected chi connectivity index (χ4v) is 2.97. The molecule has 1 aliphatic rings. The minimum atomic E-state index is -0.911. The average molecular weight is 299 g/mol. The molecule has 1 fully saturated rings. The molecule has 0 saturated heterocycles. The van der Waals surface area contributed by atoms with Crippen LogP contribution in [0.2, 0.25) is 0 Å². The molecular formula is C16H29NO4. The van der Waals surface area contributed by atoms with E-state index < -0.39 is 18.0 Å². The smallest absolute Gasteiger partial charge is 0.308 e. The zero-order valence-corrected chi connectivity index (χ0v) is 13.3. The topological polar surface area (TPSA) is 77.8 Å². The highest BCUT2D eigenvalue weighted by Crippen LogP contribution is 2.27. The first-order valence-corrected chi connectivity index (χ1v) is 8.08. The normalized spacial score (nSPS) is 19.0. The van der Waals surface area contributed by atoms with E-state index in [-0.39, 0.29) is 19.0 Å². The summed E-state index contributed by atoms with van der Waals surface area (Å²) in [6.07, 6.45) is 6.93. The minimum absolute atomic E-state index is 0.0328. The van der Waals surface area contributed by atoms with E-state index in [0.717, 1.165) is 6.42 Å². The molecule has 0 spiro atoms. The first kappa shape index (κ1) is 18.0. The van der Waals surface area contributed by atoms with Crippen molar-refractivity contribution in [2.24, 2.45) is 11.8 Å². The fourth-order valence-electron chi connectivity index (χ4n) is 2.97. The number of nitrogens with zero attached hydrogens (tertiary/aromatic N) is 1. The van der Waals surface area contributed by atoms with Crippen molar-refractivity contribution in [2.75, 3.05) is 13.1 Å². The maximum atomic E-state index is 12.3. The number of aliphatic hydroxyl groups excluding tert-OH is 1. The van der Waals surface area contributed by atoms with Crippen molar-refractivity contribution in [1.29, 1.82) is 0 Å². The summed E-state index contributed by atoms with van der Waals surface area (Å²) in [4.78, 5) is 24.8. The summed E-state index contributed by atoms with van der Waals surface area (Å²) in [6, 6.07) is 0. The maximum Gasteiger partial charge on any atom is 0.308 e. The summed E-state index contributed by atoms with van der Waals surface area (Å²) < 4.78 is 0. The molecule has 0 aromatic rings. The number of hydrogen-bond donors (Lipinski definition) is 2. The number of carboxylic acids is 1. The van der Waals surface area contributed by atoms with Crippen LogP contribution in [0.3, 0.4) is 0 Å². The maximum absolute atomic E-state index is 12.3. The number of carbonyl (C=O) groups excluding carboxylic acids is 1. The second-order valence-corrected chi connectivity index (χ2v) is 6.43. The van der Waals surface area contributed by atoms with Crippen LogP contribution in [0.1, 0.15) is 58.8 Å². The predicted molar refractivity (Wildman–Crippen MR) is 80.9 cm³/mol. The van der Waals surface area contributed by atoms with Gasteiger partial charge in [0.25, 0.3) is 0 Å². The van der Waals surface area contributed by atoms with Crippen molar-refractivity contribution in [3.63, 3.8) is 0 Å². The Kier molecular flexibility index (Phi) is 7.72. The van der Waals surface area contributed by atoms with E-state index in [1.807, 2.05) is 0 Å². The van der Waals surface area contributed by atoms with Crippen molar-refractivity contribution in [3.05, 3.63) is 0 Å². The lowest BCUT2D eigenvalue weighted by Gasteiger charge is -2.27. The number of carbonyl (C=O) groups is 2. The Hall–Kier alpha value is -1.10. The molecule has 1 saturated carbocycles. The molecule has 0 aromatic carbocycles. The van der Waals surface area contributed by atoms with Crippen LogP contribution in [0, 0.1) is 11.8 Å². The van der Waals surface area contributed by atoms with Crippen molar-refractivity contribution in [1.82, 2.24) is 4.90 Å². The van der Waals surface area contributed by atoms with Crippen LogP contribution < -0.4 is 0 Å². The van der Waals surface area contributed by atoms with Gasteiger partial charge in [-0.1, -0.05) is 39.0 Å². The zero-order chi connectivity index (χ0) is 15.8. The fraction of sp³-hybridized carbons (Fsp3) is 0.875. The highest BCUT2D eigenvalue weighted by molar-refractivity contribution is 5.77. The second kappa shape index (κ2) is 9.03. The molecule has 0 radical (unpaired) electrons. The molecule has 2 unspecified atom stereocenters. The molecule has 21 heavy (non-hydrogen) atoms. The molecule has 1 aliphatic carbocycles. The lowest BCUT2D eigenvalue weighted by Crippen LogP contribution is -2.41. The average Bonchev–Trinajstić information content (AvgIpc) is 2.44. The molecule has 2 N–H and O–H groups in total. The van der Waals surface area contributed by atoms with Crippen LogP contribution in [0.15, 0.2) is 0 Å². The van der Waals surface area contributed by atoms with Gasteiger partial charge in [0.05, 0.1) is 12.0 Å². The molecule has 0 heterocycles. The highest BCUT2D eigenvalue weighted by atomic mass is 16.4. The van der Waals surface area contributed by atoms with Gasteiger partial charge in [0.1, 0.15) is 0 Å². The van der Waals surface area contributed by atoms with E-state index in [0.29, 0.717) is 12.3 Å². The summed E-state index contributed by atoms with van der Waals surface area (Å²) in [5.41, 5.74) is 0. The van der Waals surface area contributed by atoms with E-state index in [4.69, 9.17) is 5.11 Å². The monoisotopic (exact) mass is 299 g/mol. The molecule has 0 bridgehead atoms. The quantitative estimate of drug-likeness (QED) is 0.721. The van der Waals surface area contributed by atoms with Gasteiger partial charge in [0.2, 0.25) is 5.91 Å². The highest BCUT2D eigenvalue weighted by Gasteiger charge is 2.23. The summed E-state index contributed by atoms with van der Waals surface area (Å²) in [6.45, 7) is 3.59. The van der Waals surface area contributed by atoms with Gasteiger partial charge in [-0.15, -0.1) is 0 Å². The van der Waals surface area contributed by atoms with Gasteiger partial charge in [-0.25, -0.2) is 0 Å². The Labute approximate surface area is 127 Å². The summed E-state index contributed by atoms with van der Waals surface area (Å²) in [5.74, 6) is -0.921. The molecular weight excluding hydrogens is 270 g/mol. The van der Waals surface area contributed by atoms with E-state index in [9.17, 15) is 14.7 Å². The number of rotatable bonds is 8. The summed E-state index contributed by atoms with van der Waals surface area (Å²) in [5, 5.41) is 18.5. The number of hydrogen-bond acceptors (Lipinski definition) is 3. The van der Waals surface area contributed by atoms with E-state index in [2.05, 4.69) is 0 Å². The SMILES string of the molecule is CC(O)CN(CC(C)C(=O)O)C(=O)CCC1CCCCC1. The van der Waals surface area contributed by atoms with Gasteiger partial charge >= 0.3 is 5.97 Å². The number of aliphatic carboxylic acids is 1. The largest absolute Gasteiger partial charge is 0.481 e. The van der Waals surface area contributed by atoms with Crippen molar-refractivity contribution in [3.8, 4) is 0 Å². The van der Waals surface area contributed by atoms with Gasteiger partial charge in [0, 0.05) is 19.5 Å². The zero-order valence-electron chi connectivity index (χ0n) is 13.3. The number of amides is 1. The molecule has 5 heteroatoms. The van der Waals surface area contributed by atoms with Crippen LogP contribution in [-0.4, -0.2) is 46.2 Å². The van der Waals surface area contributed by atoms with Crippen molar-refractivity contribution >= 4 is 11.9 Å². The van der Waals surface area contributed by atoms with Crippen LogP contribution in [0.25, 0.3) is 0 Å². The van der Waals surface area contributed by atoms with E-state index in [1.165, 1.54) is 37.0 Å². The Morgan fingerprint density at radius 2 is 1.76 bits per heavy atom. The molecule has 1 rings (SSSR count). The Morgan fingerprint density at radius 3 is 2.29 bits per heavy atom. The first-order valence-electron chi connectivity index (χ1n) is 8.08. The number of carboxylic acid groups (broad SMARTS) is 1. The summed E-state index contributed by atoms with van der Waals surface area (Å²) in [7, 11) is 0. The number of aliphatic hydroxyl groups is 1. The van der Waals surface area contributed by atoms with Gasteiger partial charge in [0.15, 0.2) is 0 Å². The molecule has 5 nitrogen and oxygen atoms in total. The lowest BCUT2D eigenvalue weighted by atomic mass is 9.86. The standard InChI is InChI=1S/C16H29NO4/c1-12(16(20)21)10-17(11-13(2)18)15(19)9-8-14-6-4-3-5-7-14/h12-14,18H,3-11H2,1-2H3,(H,20,21). The second-order valence-electron chi connectivity index (χ2n) is 6.43. The lowest BCUT2D eigenvalue weighted by molar-refractivity contribution is -0.143. The van der Waals surface area contributed by atoms with Gasteiger partial charge in [-0.2, -0.15) is 0 Å². The van der Waals surface area contributed by atoms with Crippen molar-refractivity contribution in [2.45, 2.75) is 64.9 Å². The third kappa shape index (κ3) is 6.93. The summed E-state index contributed by atoms with van der Waals surface area (Å²) >= 11 is 0. The molecule has 0 aliphatic heterocycles. The van der Waals surface area contributed by atoms with Crippen LogP contribution in [-0.2, 0) is 9.59 Å². The Bertz CT molecular complexity index is 337. The van der Waals surface area contributed by atoms with Crippen LogP contribution in [0.5, 0.6) is 0 Å². The van der Waals surface area contributed by atoms with Crippen molar-refractivity contribution < 1.29 is 19.8 Å². The van der Waals surface area contributed by atoms with Gasteiger partial charge in [-0.05, 0) is 19.3 Å².